The van der Waals surface area contributed by atoms with E-state index < -0.39 is 21.5 Å². The van der Waals surface area contributed by atoms with Crippen molar-refractivity contribution in [1.29, 1.82) is 0 Å². The van der Waals surface area contributed by atoms with Crippen LogP contribution in [0.3, 0.4) is 0 Å². The Morgan fingerprint density at radius 2 is 1.29 bits per heavy atom. The van der Waals surface area contributed by atoms with Crippen LogP contribution in [0.25, 0.3) is 0 Å². The SMILES string of the molecule is CC(=O)O.Cl.O=S(=O)(O)O.O=[N+]([O-])[O-]. The minimum atomic E-state index is -4.67. The molecule has 0 rings (SSSR count). The number of carboxylic acids is 1. The molecule has 0 heterocycles. The van der Waals surface area contributed by atoms with Gasteiger partial charge < -0.3 is 20.4 Å². The van der Waals surface area contributed by atoms with E-state index in [2.05, 4.69) is 0 Å². The highest BCUT2D eigenvalue weighted by Crippen LogP contribution is 1.59. The van der Waals surface area contributed by atoms with Crippen LogP contribution in [0.2, 0.25) is 0 Å². The van der Waals surface area contributed by atoms with Gasteiger partial charge in [0.05, 0.1) is 5.09 Å². The van der Waals surface area contributed by atoms with E-state index in [1.165, 1.54) is 0 Å². The molecule has 0 aliphatic rings. The number of carbonyl (C=O) groups is 1. The van der Waals surface area contributed by atoms with Crippen LogP contribution in [0.1, 0.15) is 6.92 Å². The van der Waals surface area contributed by atoms with Gasteiger partial charge in [-0.1, -0.05) is 0 Å². The summed E-state index contributed by atoms with van der Waals surface area (Å²) < 4.78 is 31.6. The second kappa shape index (κ2) is 11.8. The summed E-state index contributed by atoms with van der Waals surface area (Å²) in [6.45, 7) is 1.08. The highest BCUT2D eigenvalue weighted by atomic mass is 35.5. The predicted octanol–water partition coefficient (Wildman–Crippen LogP) is -0.379. The molecule has 0 amide bonds. The fourth-order valence-corrected chi connectivity index (χ4v) is 0. The Bertz CT molecular complexity index is 218. The Labute approximate surface area is 84.3 Å². The van der Waals surface area contributed by atoms with Crippen molar-refractivity contribution in [1.82, 2.24) is 0 Å². The van der Waals surface area contributed by atoms with Gasteiger partial charge in [-0.3, -0.25) is 13.9 Å². The van der Waals surface area contributed by atoms with Crippen molar-refractivity contribution in [2.45, 2.75) is 6.92 Å². The summed E-state index contributed by atoms with van der Waals surface area (Å²) in [4.78, 5) is 17.2. The molecule has 0 saturated heterocycles. The minimum absolute atomic E-state index is 0. The molecule has 0 aromatic heterocycles. The lowest BCUT2D eigenvalue weighted by Gasteiger charge is -1.74. The zero-order valence-corrected chi connectivity index (χ0v) is 8.19. The van der Waals surface area contributed by atoms with Crippen molar-refractivity contribution in [3.63, 3.8) is 0 Å². The van der Waals surface area contributed by atoms with Crippen LogP contribution in [0.15, 0.2) is 0 Å². The van der Waals surface area contributed by atoms with Crippen LogP contribution >= 0.6 is 12.4 Å². The van der Waals surface area contributed by atoms with Gasteiger partial charge >= 0.3 is 10.4 Å². The van der Waals surface area contributed by atoms with Gasteiger partial charge in [-0.15, -0.1) is 12.4 Å². The Morgan fingerprint density at radius 3 is 1.29 bits per heavy atom. The predicted molar refractivity (Wildman–Crippen MR) is 45.1 cm³/mol. The van der Waals surface area contributed by atoms with Crippen molar-refractivity contribution in [2.24, 2.45) is 0 Å². The summed E-state index contributed by atoms with van der Waals surface area (Å²) in [6.07, 6.45) is 0. The topological polar surface area (TPSA) is 178 Å². The molecule has 0 radical (unpaired) electrons. The van der Waals surface area contributed by atoms with Gasteiger partial charge in [0.25, 0.3) is 5.97 Å². The molecule has 0 spiro atoms. The lowest BCUT2D eigenvalue weighted by Crippen LogP contribution is -1.89. The van der Waals surface area contributed by atoms with Gasteiger partial charge in [-0.05, 0) is 0 Å². The van der Waals surface area contributed by atoms with Gasteiger partial charge in [0.2, 0.25) is 0 Å². The normalized spacial score (nSPS) is 7.64. The maximum absolute atomic E-state index is 9.00. The summed E-state index contributed by atoms with van der Waals surface area (Å²) in [5.74, 6) is -0.833. The molecule has 0 aliphatic carbocycles. The average molecular weight is 257 g/mol. The first-order valence-corrected chi connectivity index (χ1v) is 3.57. The molecular weight excluding hydrogens is 250 g/mol. The number of carboxylic acid groups (broad SMARTS) is 1. The lowest BCUT2D eigenvalue weighted by molar-refractivity contribution is -0.402. The van der Waals surface area contributed by atoms with Gasteiger partial charge in [-0.25, -0.2) is 0 Å². The highest BCUT2D eigenvalue weighted by Gasteiger charge is 1.84. The van der Waals surface area contributed by atoms with E-state index in [1.54, 1.807) is 0 Å². The Balaban J connectivity index is -0.0000000522. The smallest absolute Gasteiger partial charge is 0.394 e. The third-order valence-electron chi connectivity index (χ3n) is 0. The van der Waals surface area contributed by atoms with Crippen LogP contribution in [0.4, 0.5) is 0 Å². The van der Waals surface area contributed by atoms with E-state index in [0.29, 0.717) is 0 Å². The monoisotopic (exact) mass is 256 g/mol. The average Bonchev–Trinajstić information content (AvgIpc) is 1.50. The number of rotatable bonds is 0. The molecule has 0 fully saturated rings. The van der Waals surface area contributed by atoms with Gasteiger partial charge in [-0.2, -0.15) is 8.42 Å². The number of hydrogen-bond acceptors (Lipinski definition) is 6. The quantitative estimate of drug-likeness (QED) is 0.296. The summed E-state index contributed by atoms with van der Waals surface area (Å²) in [5, 5.41) is 22.2. The summed E-state index contributed by atoms with van der Waals surface area (Å²) in [5.41, 5.74) is 0. The Hall–Kier alpha value is -1.17. The fraction of sp³-hybridized carbons (Fsp3) is 0.500. The second-order valence-electron chi connectivity index (χ2n) is 1.19. The second-order valence-corrected chi connectivity index (χ2v) is 2.09. The van der Waals surface area contributed by atoms with Crippen molar-refractivity contribution in [3.05, 3.63) is 15.3 Å². The van der Waals surface area contributed by atoms with Crippen molar-refractivity contribution < 1.29 is 32.5 Å². The standard InChI is InChI=1S/C2H4O2.ClH.NO3.H2O4S/c1-2(3)4;;2-1(3)4;1-5(2,3)4/h1H3,(H,3,4);1H;;(H2,1,2,3,4)/q;;-1;. The zero-order chi connectivity index (χ0) is 11.7. The van der Waals surface area contributed by atoms with E-state index in [-0.39, 0.29) is 12.4 Å². The molecule has 10 nitrogen and oxygen atoms in total. The first-order chi connectivity index (χ1) is 5.46. The number of nitrogens with zero attached hydrogens (tertiary/aromatic N) is 1. The van der Waals surface area contributed by atoms with Gasteiger partial charge in [0.15, 0.2) is 0 Å². The summed E-state index contributed by atoms with van der Waals surface area (Å²) in [6, 6.07) is 0. The molecule has 0 aromatic rings. The van der Waals surface area contributed by atoms with E-state index in [4.69, 9.17) is 42.7 Å². The molecule has 0 atom stereocenters. The fourth-order valence-electron chi connectivity index (χ4n) is 0. The van der Waals surface area contributed by atoms with Crippen LogP contribution in [-0.4, -0.2) is 33.7 Å². The number of halogens is 1. The number of hydrogen-bond donors (Lipinski definition) is 3. The molecule has 0 aliphatic heterocycles. The Kier molecular flexibility index (Phi) is 19.5. The third kappa shape index (κ3) is 764. The lowest BCUT2D eigenvalue weighted by atomic mass is 10.9. The van der Waals surface area contributed by atoms with E-state index >= 15 is 0 Å². The van der Waals surface area contributed by atoms with E-state index in [1.807, 2.05) is 0 Å². The minimum Gasteiger partial charge on any atom is -0.481 e. The summed E-state index contributed by atoms with van der Waals surface area (Å²) in [7, 11) is -4.67. The molecule has 14 heavy (non-hydrogen) atoms. The maximum Gasteiger partial charge on any atom is 0.394 e. The molecular formula is C2H7ClNO9S-. The van der Waals surface area contributed by atoms with Crippen molar-refractivity contribution in [2.75, 3.05) is 0 Å². The molecule has 88 valence electrons. The molecule has 12 heteroatoms. The summed E-state index contributed by atoms with van der Waals surface area (Å²) >= 11 is 0. The number of aliphatic carboxylic acids is 1. The van der Waals surface area contributed by atoms with E-state index in [0.717, 1.165) is 6.92 Å². The van der Waals surface area contributed by atoms with E-state index in [9.17, 15) is 0 Å². The van der Waals surface area contributed by atoms with Gasteiger partial charge in [0.1, 0.15) is 0 Å². The molecule has 0 unspecified atom stereocenters. The highest BCUT2D eigenvalue weighted by molar-refractivity contribution is 7.79. The van der Waals surface area contributed by atoms with Crippen LogP contribution in [0, 0.1) is 15.3 Å². The largest absolute Gasteiger partial charge is 0.481 e. The molecule has 0 saturated carbocycles. The van der Waals surface area contributed by atoms with Crippen molar-refractivity contribution in [3.8, 4) is 0 Å². The van der Waals surface area contributed by atoms with Crippen LogP contribution in [-0.2, 0) is 15.2 Å². The van der Waals surface area contributed by atoms with Crippen LogP contribution in [0.5, 0.6) is 0 Å². The Morgan fingerprint density at radius 1 is 1.29 bits per heavy atom. The molecule has 0 bridgehead atoms. The van der Waals surface area contributed by atoms with Gasteiger partial charge in [0, 0.05) is 6.92 Å². The molecule has 3 N–H and O–H groups in total. The molecule has 0 aromatic carbocycles. The van der Waals surface area contributed by atoms with Crippen molar-refractivity contribution >= 4 is 28.8 Å². The zero-order valence-electron chi connectivity index (χ0n) is 6.55. The third-order valence-corrected chi connectivity index (χ3v) is 0. The maximum atomic E-state index is 9.00. The van der Waals surface area contributed by atoms with Crippen LogP contribution < -0.4 is 0 Å². The first-order valence-electron chi connectivity index (χ1n) is 2.17. The first kappa shape index (κ1) is 23.0.